The van der Waals surface area contributed by atoms with Crippen molar-refractivity contribution in [3.05, 3.63) is 63.7 Å². The molecule has 1 heterocycles. The standard InChI is InChI=1S/C19H19N3O4/c1-2-18(23)21-11-3-4-14-12-15(7-10-17(14)21)20-19(24)13-5-8-16(9-6-13)22(25)26/h5-10,12H,2-4,11H2,1H3,(H,20,24). The lowest BCUT2D eigenvalue weighted by atomic mass is 10.0. The van der Waals surface area contributed by atoms with Gasteiger partial charge in [-0.3, -0.25) is 19.7 Å². The fourth-order valence-corrected chi connectivity index (χ4v) is 3.06. The Balaban J connectivity index is 1.77. The molecule has 7 heteroatoms. The minimum Gasteiger partial charge on any atom is -0.322 e. The fraction of sp³-hybridized carbons (Fsp3) is 0.263. The Morgan fingerprint density at radius 2 is 1.92 bits per heavy atom. The normalized spacial score (nSPS) is 13.0. The maximum absolute atomic E-state index is 12.3. The van der Waals surface area contributed by atoms with Gasteiger partial charge < -0.3 is 10.2 Å². The van der Waals surface area contributed by atoms with Gasteiger partial charge in [-0.25, -0.2) is 0 Å². The summed E-state index contributed by atoms with van der Waals surface area (Å²) in [5, 5.41) is 13.5. The number of benzene rings is 2. The molecule has 2 amide bonds. The maximum Gasteiger partial charge on any atom is 0.269 e. The Labute approximate surface area is 150 Å². The van der Waals surface area contributed by atoms with Crippen LogP contribution in [0.15, 0.2) is 42.5 Å². The predicted molar refractivity (Wildman–Crippen MR) is 98.5 cm³/mol. The Morgan fingerprint density at radius 3 is 2.58 bits per heavy atom. The van der Waals surface area contributed by atoms with Gasteiger partial charge in [-0.15, -0.1) is 0 Å². The van der Waals surface area contributed by atoms with Gasteiger partial charge in [0.15, 0.2) is 0 Å². The Kier molecular flexibility index (Phi) is 4.97. The Bertz CT molecular complexity index is 862. The number of nitrogens with zero attached hydrogens (tertiary/aromatic N) is 2. The highest BCUT2D eigenvalue weighted by molar-refractivity contribution is 6.04. The van der Waals surface area contributed by atoms with Crippen molar-refractivity contribution in [2.45, 2.75) is 26.2 Å². The zero-order chi connectivity index (χ0) is 18.7. The second kappa shape index (κ2) is 7.35. The van der Waals surface area contributed by atoms with Crippen molar-refractivity contribution in [2.24, 2.45) is 0 Å². The summed E-state index contributed by atoms with van der Waals surface area (Å²) in [6.45, 7) is 2.56. The molecule has 1 aliphatic heterocycles. The van der Waals surface area contributed by atoms with Crippen LogP contribution in [0, 0.1) is 10.1 Å². The van der Waals surface area contributed by atoms with Gasteiger partial charge in [-0.2, -0.15) is 0 Å². The molecule has 134 valence electrons. The van der Waals surface area contributed by atoms with E-state index in [2.05, 4.69) is 5.32 Å². The number of aryl methyl sites for hydroxylation is 1. The van der Waals surface area contributed by atoms with Crippen LogP contribution in [0.1, 0.15) is 35.7 Å². The molecule has 0 bridgehead atoms. The number of nitrogens with one attached hydrogen (secondary N) is 1. The number of fused-ring (bicyclic) bond motifs is 1. The number of carbonyl (C=O) groups excluding carboxylic acids is 2. The fourth-order valence-electron chi connectivity index (χ4n) is 3.06. The largest absolute Gasteiger partial charge is 0.322 e. The summed E-state index contributed by atoms with van der Waals surface area (Å²) in [6.07, 6.45) is 2.20. The first kappa shape index (κ1) is 17.6. The second-order valence-corrected chi connectivity index (χ2v) is 6.10. The quantitative estimate of drug-likeness (QED) is 0.672. The Hall–Kier alpha value is -3.22. The van der Waals surface area contributed by atoms with Gasteiger partial charge in [0.2, 0.25) is 5.91 Å². The number of nitro benzene ring substituents is 1. The van der Waals surface area contributed by atoms with Gasteiger partial charge in [-0.05, 0) is 48.7 Å². The number of hydrogen-bond donors (Lipinski definition) is 1. The molecule has 7 nitrogen and oxygen atoms in total. The van der Waals surface area contributed by atoms with Crippen molar-refractivity contribution in [2.75, 3.05) is 16.8 Å². The average Bonchev–Trinajstić information content (AvgIpc) is 2.66. The average molecular weight is 353 g/mol. The van der Waals surface area contributed by atoms with Crippen LogP contribution in [-0.2, 0) is 11.2 Å². The summed E-state index contributed by atoms with van der Waals surface area (Å²) in [4.78, 5) is 36.4. The molecule has 0 atom stereocenters. The molecule has 0 aromatic heterocycles. The highest BCUT2D eigenvalue weighted by Crippen LogP contribution is 2.30. The molecule has 3 rings (SSSR count). The first-order chi connectivity index (χ1) is 12.5. The van der Waals surface area contributed by atoms with Crippen LogP contribution in [0.4, 0.5) is 17.1 Å². The van der Waals surface area contributed by atoms with E-state index in [4.69, 9.17) is 0 Å². The summed E-state index contributed by atoms with van der Waals surface area (Å²) in [5.74, 6) is -0.245. The van der Waals surface area contributed by atoms with Crippen molar-refractivity contribution >= 4 is 28.9 Å². The molecule has 0 radical (unpaired) electrons. The van der Waals surface area contributed by atoms with Crippen LogP contribution in [0.5, 0.6) is 0 Å². The van der Waals surface area contributed by atoms with Crippen LogP contribution >= 0.6 is 0 Å². The van der Waals surface area contributed by atoms with Gasteiger partial charge in [0.25, 0.3) is 11.6 Å². The smallest absolute Gasteiger partial charge is 0.269 e. The van der Waals surface area contributed by atoms with E-state index in [1.165, 1.54) is 24.3 Å². The summed E-state index contributed by atoms with van der Waals surface area (Å²) < 4.78 is 0. The lowest BCUT2D eigenvalue weighted by Gasteiger charge is -2.29. The maximum atomic E-state index is 12.3. The van der Waals surface area contributed by atoms with E-state index in [1.54, 1.807) is 11.0 Å². The lowest BCUT2D eigenvalue weighted by Crippen LogP contribution is -2.34. The monoisotopic (exact) mass is 353 g/mol. The highest BCUT2D eigenvalue weighted by Gasteiger charge is 2.21. The van der Waals surface area contributed by atoms with Crippen LogP contribution in [0.3, 0.4) is 0 Å². The molecule has 2 aromatic carbocycles. The number of rotatable bonds is 4. The zero-order valence-corrected chi connectivity index (χ0v) is 14.4. The lowest BCUT2D eigenvalue weighted by molar-refractivity contribution is -0.384. The molecule has 1 N–H and O–H groups in total. The van der Waals surface area contributed by atoms with Crippen LogP contribution < -0.4 is 10.2 Å². The topological polar surface area (TPSA) is 92.6 Å². The third-order valence-electron chi connectivity index (χ3n) is 4.40. The summed E-state index contributed by atoms with van der Waals surface area (Å²) >= 11 is 0. The minimum atomic E-state index is -0.505. The molecule has 0 aliphatic carbocycles. The molecule has 0 fully saturated rings. The van der Waals surface area contributed by atoms with Crippen molar-refractivity contribution in [1.82, 2.24) is 0 Å². The molecule has 0 unspecified atom stereocenters. The van der Waals surface area contributed by atoms with Crippen LogP contribution in [0.2, 0.25) is 0 Å². The summed E-state index contributed by atoms with van der Waals surface area (Å²) in [7, 11) is 0. The highest BCUT2D eigenvalue weighted by atomic mass is 16.6. The van der Waals surface area contributed by atoms with E-state index in [9.17, 15) is 19.7 Å². The molecular formula is C19H19N3O4. The number of hydrogen-bond acceptors (Lipinski definition) is 4. The number of non-ortho nitro benzene ring substituents is 1. The van der Waals surface area contributed by atoms with Crippen molar-refractivity contribution in [1.29, 1.82) is 0 Å². The van der Waals surface area contributed by atoms with E-state index in [1.807, 2.05) is 19.1 Å². The Morgan fingerprint density at radius 1 is 1.19 bits per heavy atom. The minimum absolute atomic E-state index is 0.0592. The molecule has 0 saturated heterocycles. The van der Waals surface area contributed by atoms with E-state index in [-0.39, 0.29) is 17.5 Å². The second-order valence-electron chi connectivity index (χ2n) is 6.10. The molecule has 1 aliphatic rings. The number of carbonyl (C=O) groups is 2. The van der Waals surface area contributed by atoms with Crippen LogP contribution in [-0.4, -0.2) is 23.3 Å². The third kappa shape index (κ3) is 3.56. The van der Waals surface area contributed by atoms with Gasteiger partial charge in [0.05, 0.1) is 4.92 Å². The molecule has 0 spiro atoms. The van der Waals surface area contributed by atoms with Gasteiger partial charge >= 0.3 is 0 Å². The first-order valence-electron chi connectivity index (χ1n) is 8.48. The van der Waals surface area contributed by atoms with Crippen LogP contribution in [0.25, 0.3) is 0 Å². The van der Waals surface area contributed by atoms with E-state index in [0.29, 0.717) is 24.2 Å². The zero-order valence-electron chi connectivity index (χ0n) is 14.4. The summed E-state index contributed by atoms with van der Waals surface area (Å²) in [6, 6.07) is 11.0. The molecular weight excluding hydrogens is 334 g/mol. The summed E-state index contributed by atoms with van der Waals surface area (Å²) in [5.41, 5.74) is 2.85. The van der Waals surface area contributed by atoms with E-state index >= 15 is 0 Å². The molecule has 26 heavy (non-hydrogen) atoms. The third-order valence-corrected chi connectivity index (χ3v) is 4.40. The van der Waals surface area contributed by atoms with E-state index < -0.39 is 4.92 Å². The van der Waals surface area contributed by atoms with Gasteiger partial charge in [0, 0.05) is 42.0 Å². The van der Waals surface area contributed by atoms with E-state index in [0.717, 1.165) is 24.1 Å². The van der Waals surface area contributed by atoms with Gasteiger partial charge in [0.1, 0.15) is 0 Å². The van der Waals surface area contributed by atoms with Crippen molar-refractivity contribution < 1.29 is 14.5 Å². The number of anilines is 2. The van der Waals surface area contributed by atoms with Gasteiger partial charge in [-0.1, -0.05) is 6.92 Å². The SMILES string of the molecule is CCC(=O)N1CCCc2cc(NC(=O)c3ccc([N+](=O)[O-])cc3)ccc21. The van der Waals surface area contributed by atoms with Crippen molar-refractivity contribution in [3.8, 4) is 0 Å². The molecule has 0 saturated carbocycles. The number of nitro groups is 1. The number of amides is 2. The first-order valence-corrected chi connectivity index (χ1v) is 8.48. The van der Waals surface area contributed by atoms with Crippen molar-refractivity contribution in [3.63, 3.8) is 0 Å². The molecule has 2 aromatic rings. The predicted octanol–water partition coefficient (Wildman–Crippen LogP) is 3.54.